The van der Waals surface area contributed by atoms with E-state index in [2.05, 4.69) is 29.3 Å². The van der Waals surface area contributed by atoms with Gasteiger partial charge in [0.2, 0.25) is 5.91 Å². The minimum Gasteiger partial charge on any atom is -0.389 e. The molecule has 122 valence electrons. The Balaban J connectivity index is 1.77. The molecule has 1 unspecified atom stereocenters. The summed E-state index contributed by atoms with van der Waals surface area (Å²) in [5.74, 6) is 0.0461. The number of aryl methyl sites for hydroxylation is 1. The van der Waals surface area contributed by atoms with Gasteiger partial charge in [-0.2, -0.15) is 0 Å². The standard InChI is InChI=1S/C18H28N2O2/c1-14-7-4-5-8-15(14)10-11-19-17(21)13-20-12-6-9-16(20)18(2,3)22/h4-5,7-8,16,22H,6,9-13H2,1-3H3,(H,19,21). The van der Waals surface area contributed by atoms with Crippen LogP contribution in [-0.2, 0) is 11.2 Å². The van der Waals surface area contributed by atoms with Gasteiger partial charge >= 0.3 is 0 Å². The maximum Gasteiger partial charge on any atom is 0.234 e. The van der Waals surface area contributed by atoms with Crippen molar-refractivity contribution in [2.75, 3.05) is 19.6 Å². The van der Waals surface area contributed by atoms with Gasteiger partial charge in [0.05, 0.1) is 12.1 Å². The number of carbonyl (C=O) groups excluding carboxylic acids is 1. The molecule has 1 aromatic rings. The van der Waals surface area contributed by atoms with E-state index in [4.69, 9.17) is 0 Å². The van der Waals surface area contributed by atoms with Crippen LogP contribution >= 0.6 is 0 Å². The highest BCUT2D eigenvalue weighted by Gasteiger charge is 2.36. The van der Waals surface area contributed by atoms with Gasteiger partial charge in [-0.1, -0.05) is 24.3 Å². The maximum absolute atomic E-state index is 12.1. The highest BCUT2D eigenvalue weighted by atomic mass is 16.3. The van der Waals surface area contributed by atoms with Crippen molar-refractivity contribution in [3.8, 4) is 0 Å². The summed E-state index contributed by atoms with van der Waals surface area (Å²) in [7, 11) is 0. The summed E-state index contributed by atoms with van der Waals surface area (Å²) in [6.45, 7) is 7.67. The molecule has 1 aliphatic rings. The Morgan fingerprint density at radius 1 is 1.41 bits per heavy atom. The minimum absolute atomic E-state index is 0.0461. The Morgan fingerprint density at radius 2 is 2.14 bits per heavy atom. The second-order valence-corrected chi connectivity index (χ2v) is 6.81. The molecule has 1 atom stereocenters. The van der Waals surface area contributed by atoms with Crippen LogP contribution in [0.4, 0.5) is 0 Å². The van der Waals surface area contributed by atoms with E-state index in [1.54, 1.807) is 0 Å². The molecule has 4 heteroatoms. The molecule has 1 aromatic carbocycles. The van der Waals surface area contributed by atoms with Crippen LogP contribution in [-0.4, -0.2) is 47.2 Å². The Bertz CT molecular complexity index is 508. The summed E-state index contributed by atoms with van der Waals surface area (Å²) < 4.78 is 0. The van der Waals surface area contributed by atoms with E-state index >= 15 is 0 Å². The molecule has 1 heterocycles. The van der Waals surface area contributed by atoms with Crippen LogP contribution in [0.5, 0.6) is 0 Å². The first-order valence-corrected chi connectivity index (χ1v) is 8.15. The van der Waals surface area contributed by atoms with Crippen LogP contribution in [0.1, 0.15) is 37.8 Å². The van der Waals surface area contributed by atoms with Gasteiger partial charge in [-0.15, -0.1) is 0 Å². The van der Waals surface area contributed by atoms with Crippen LogP contribution in [0.25, 0.3) is 0 Å². The zero-order chi connectivity index (χ0) is 16.2. The number of nitrogens with zero attached hydrogens (tertiary/aromatic N) is 1. The van der Waals surface area contributed by atoms with Gasteiger partial charge in [0.15, 0.2) is 0 Å². The Morgan fingerprint density at radius 3 is 2.82 bits per heavy atom. The Labute approximate surface area is 133 Å². The van der Waals surface area contributed by atoms with Gasteiger partial charge in [-0.25, -0.2) is 0 Å². The van der Waals surface area contributed by atoms with E-state index in [0.717, 1.165) is 25.8 Å². The number of carbonyl (C=O) groups is 1. The molecule has 1 aliphatic heterocycles. The van der Waals surface area contributed by atoms with Crippen molar-refractivity contribution in [2.24, 2.45) is 0 Å². The molecular weight excluding hydrogens is 276 g/mol. The van der Waals surface area contributed by atoms with Crippen LogP contribution in [0.3, 0.4) is 0 Å². The first-order chi connectivity index (χ1) is 10.4. The summed E-state index contributed by atoms with van der Waals surface area (Å²) in [5, 5.41) is 13.2. The van der Waals surface area contributed by atoms with Crippen LogP contribution in [0.2, 0.25) is 0 Å². The third-order valence-electron chi connectivity index (χ3n) is 4.50. The van der Waals surface area contributed by atoms with Crippen LogP contribution in [0, 0.1) is 6.92 Å². The number of amides is 1. The average Bonchev–Trinajstić information content (AvgIpc) is 2.89. The van der Waals surface area contributed by atoms with Gasteiger partial charge in [0, 0.05) is 12.6 Å². The number of benzene rings is 1. The lowest BCUT2D eigenvalue weighted by Crippen LogP contribution is -2.49. The monoisotopic (exact) mass is 304 g/mol. The van der Waals surface area contributed by atoms with Crippen molar-refractivity contribution in [3.05, 3.63) is 35.4 Å². The van der Waals surface area contributed by atoms with E-state index in [1.165, 1.54) is 11.1 Å². The first kappa shape index (κ1) is 17.0. The quantitative estimate of drug-likeness (QED) is 0.844. The van der Waals surface area contributed by atoms with Crippen molar-refractivity contribution in [1.29, 1.82) is 0 Å². The van der Waals surface area contributed by atoms with Crippen molar-refractivity contribution < 1.29 is 9.90 Å². The highest BCUT2D eigenvalue weighted by molar-refractivity contribution is 5.78. The lowest BCUT2D eigenvalue weighted by Gasteiger charge is -2.33. The van der Waals surface area contributed by atoms with Crippen LogP contribution in [0.15, 0.2) is 24.3 Å². The summed E-state index contributed by atoms with van der Waals surface area (Å²) in [6, 6.07) is 8.33. The van der Waals surface area contributed by atoms with Gasteiger partial charge in [-0.3, -0.25) is 9.69 Å². The SMILES string of the molecule is Cc1ccccc1CCNC(=O)CN1CCCC1C(C)(C)O. The number of hydrogen-bond acceptors (Lipinski definition) is 3. The van der Waals surface area contributed by atoms with Gasteiger partial charge in [-0.05, 0) is 57.7 Å². The molecule has 4 nitrogen and oxygen atoms in total. The first-order valence-electron chi connectivity index (χ1n) is 8.15. The topological polar surface area (TPSA) is 52.6 Å². The Hall–Kier alpha value is -1.39. The number of hydrogen-bond donors (Lipinski definition) is 2. The summed E-state index contributed by atoms with van der Waals surface area (Å²) in [4.78, 5) is 14.2. The van der Waals surface area contributed by atoms with Gasteiger partial charge in [0.1, 0.15) is 0 Å². The van der Waals surface area contributed by atoms with Crippen molar-refractivity contribution in [3.63, 3.8) is 0 Å². The maximum atomic E-state index is 12.1. The lowest BCUT2D eigenvalue weighted by atomic mass is 9.97. The van der Waals surface area contributed by atoms with Crippen molar-refractivity contribution in [2.45, 2.75) is 51.7 Å². The predicted octanol–water partition coefficient (Wildman–Crippen LogP) is 1.89. The molecule has 1 saturated heterocycles. The van der Waals surface area contributed by atoms with E-state index in [1.807, 2.05) is 26.0 Å². The second-order valence-electron chi connectivity index (χ2n) is 6.81. The lowest BCUT2D eigenvalue weighted by molar-refractivity contribution is -0.123. The van der Waals surface area contributed by atoms with Gasteiger partial charge < -0.3 is 10.4 Å². The summed E-state index contributed by atoms with van der Waals surface area (Å²) in [6.07, 6.45) is 2.86. The molecule has 0 aliphatic carbocycles. The molecule has 0 spiro atoms. The average molecular weight is 304 g/mol. The fraction of sp³-hybridized carbons (Fsp3) is 0.611. The molecule has 1 amide bonds. The van der Waals surface area contributed by atoms with Crippen molar-refractivity contribution >= 4 is 5.91 Å². The molecule has 0 bridgehead atoms. The largest absolute Gasteiger partial charge is 0.389 e. The minimum atomic E-state index is -0.752. The fourth-order valence-corrected chi connectivity index (χ4v) is 3.28. The number of nitrogens with one attached hydrogen (secondary N) is 1. The van der Waals surface area contributed by atoms with E-state index in [9.17, 15) is 9.90 Å². The van der Waals surface area contributed by atoms with E-state index in [0.29, 0.717) is 13.1 Å². The molecule has 0 radical (unpaired) electrons. The van der Waals surface area contributed by atoms with Crippen LogP contribution < -0.4 is 5.32 Å². The zero-order valence-corrected chi connectivity index (χ0v) is 13.9. The predicted molar refractivity (Wildman–Crippen MR) is 88.8 cm³/mol. The molecule has 22 heavy (non-hydrogen) atoms. The summed E-state index contributed by atoms with van der Waals surface area (Å²) in [5.41, 5.74) is 1.79. The molecule has 0 saturated carbocycles. The van der Waals surface area contributed by atoms with E-state index in [-0.39, 0.29) is 11.9 Å². The highest BCUT2D eigenvalue weighted by Crippen LogP contribution is 2.26. The molecule has 2 N–H and O–H groups in total. The van der Waals surface area contributed by atoms with E-state index < -0.39 is 5.60 Å². The number of rotatable bonds is 6. The molecule has 0 aromatic heterocycles. The number of aliphatic hydroxyl groups is 1. The summed E-state index contributed by atoms with van der Waals surface area (Å²) >= 11 is 0. The normalized spacial score (nSPS) is 19.4. The smallest absolute Gasteiger partial charge is 0.234 e. The third kappa shape index (κ3) is 4.55. The number of likely N-dealkylation sites (tertiary alicyclic amines) is 1. The van der Waals surface area contributed by atoms with Crippen molar-refractivity contribution in [1.82, 2.24) is 10.2 Å². The molecule has 1 fully saturated rings. The van der Waals surface area contributed by atoms with Gasteiger partial charge in [0.25, 0.3) is 0 Å². The zero-order valence-electron chi connectivity index (χ0n) is 13.9. The third-order valence-corrected chi connectivity index (χ3v) is 4.50. The second kappa shape index (κ2) is 7.25. The molecule has 2 rings (SSSR count). The molecular formula is C18H28N2O2. The fourth-order valence-electron chi connectivity index (χ4n) is 3.28. The Kier molecular flexibility index (Phi) is 5.59.